The van der Waals surface area contributed by atoms with E-state index in [0.717, 1.165) is 38.4 Å². The van der Waals surface area contributed by atoms with Gasteiger partial charge < -0.3 is 9.64 Å². The van der Waals surface area contributed by atoms with Gasteiger partial charge in [-0.3, -0.25) is 4.18 Å². The summed E-state index contributed by atoms with van der Waals surface area (Å²) in [5.74, 6) is 0.415. The van der Waals surface area contributed by atoms with Crippen LogP contribution in [0, 0.1) is 5.92 Å². The first-order valence-electron chi connectivity index (χ1n) is 7.91. The Morgan fingerprint density at radius 2 is 1.73 bits per heavy atom. The SMILES string of the molecule is CC(C)(C)OC(=O)N1C2CCC1CC(CCOS(C)(=O)=O)C2. The monoisotopic (exact) mass is 333 g/mol. The fourth-order valence-corrected chi connectivity index (χ4v) is 3.90. The second-order valence-corrected chi connectivity index (χ2v) is 9.07. The molecule has 6 nitrogen and oxygen atoms in total. The Balaban J connectivity index is 1.87. The molecular formula is C15H27NO5S. The van der Waals surface area contributed by atoms with Crippen molar-refractivity contribution in [1.29, 1.82) is 0 Å². The summed E-state index contributed by atoms with van der Waals surface area (Å²) in [6, 6.07) is 0.439. The molecule has 0 spiro atoms. The van der Waals surface area contributed by atoms with E-state index in [4.69, 9.17) is 8.92 Å². The van der Waals surface area contributed by atoms with Crippen LogP contribution >= 0.6 is 0 Å². The fourth-order valence-electron chi connectivity index (χ4n) is 3.50. The van der Waals surface area contributed by atoms with Gasteiger partial charge in [-0.2, -0.15) is 8.42 Å². The van der Waals surface area contributed by atoms with Crippen LogP contribution in [-0.2, 0) is 19.0 Å². The van der Waals surface area contributed by atoms with Crippen molar-refractivity contribution in [2.75, 3.05) is 12.9 Å². The molecule has 2 saturated heterocycles. The maximum Gasteiger partial charge on any atom is 0.410 e. The number of hydrogen-bond donors (Lipinski definition) is 0. The Labute approximate surface area is 133 Å². The van der Waals surface area contributed by atoms with Gasteiger partial charge in [0.15, 0.2) is 0 Å². The van der Waals surface area contributed by atoms with Crippen molar-refractivity contribution < 1.29 is 22.1 Å². The van der Waals surface area contributed by atoms with Crippen LogP contribution in [0.4, 0.5) is 4.79 Å². The number of ether oxygens (including phenoxy) is 1. The largest absolute Gasteiger partial charge is 0.444 e. The first kappa shape index (κ1) is 17.5. The van der Waals surface area contributed by atoms with Gasteiger partial charge in [0.05, 0.1) is 12.9 Å². The third-order valence-electron chi connectivity index (χ3n) is 4.26. The topological polar surface area (TPSA) is 72.9 Å². The Morgan fingerprint density at radius 1 is 1.18 bits per heavy atom. The minimum Gasteiger partial charge on any atom is -0.444 e. The van der Waals surface area contributed by atoms with Crippen molar-refractivity contribution >= 4 is 16.2 Å². The second-order valence-electron chi connectivity index (χ2n) is 7.42. The van der Waals surface area contributed by atoms with Crippen molar-refractivity contribution in [3.8, 4) is 0 Å². The van der Waals surface area contributed by atoms with Gasteiger partial charge in [0, 0.05) is 12.1 Å². The highest BCUT2D eigenvalue weighted by Crippen LogP contribution is 2.40. The van der Waals surface area contributed by atoms with E-state index in [1.54, 1.807) is 0 Å². The highest BCUT2D eigenvalue weighted by Gasteiger charge is 2.44. The number of piperidine rings is 1. The standard InChI is InChI=1S/C15H27NO5S/c1-15(2,3)21-14(17)16-12-5-6-13(16)10-11(9-12)7-8-20-22(4,18)19/h11-13H,5-10H2,1-4H3. The van der Waals surface area contributed by atoms with E-state index >= 15 is 0 Å². The summed E-state index contributed by atoms with van der Waals surface area (Å²) in [7, 11) is -3.37. The first-order chi connectivity index (χ1) is 10.1. The number of amides is 1. The molecule has 0 aromatic rings. The van der Waals surface area contributed by atoms with Crippen molar-refractivity contribution in [3.63, 3.8) is 0 Å². The van der Waals surface area contributed by atoms with E-state index in [1.165, 1.54) is 0 Å². The normalized spacial score (nSPS) is 28.7. The summed E-state index contributed by atoms with van der Waals surface area (Å²) < 4.78 is 32.3. The van der Waals surface area contributed by atoms with Gasteiger partial charge in [0.2, 0.25) is 0 Å². The lowest BCUT2D eigenvalue weighted by atomic mass is 9.89. The van der Waals surface area contributed by atoms with E-state index in [-0.39, 0.29) is 24.8 Å². The zero-order valence-corrected chi connectivity index (χ0v) is 14.7. The van der Waals surface area contributed by atoms with Crippen LogP contribution in [0.1, 0.15) is 52.9 Å². The minimum absolute atomic E-state index is 0.217. The molecule has 1 amide bonds. The summed E-state index contributed by atoms with van der Waals surface area (Å²) in [5, 5.41) is 0. The number of carbonyl (C=O) groups excluding carboxylic acids is 1. The van der Waals surface area contributed by atoms with Gasteiger partial charge in [0.1, 0.15) is 5.60 Å². The lowest BCUT2D eigenvalue weighted by Crippen LogP contribution is -2.48. The third-order valence-corrected chi connectivity index (χ3v) is 4.85. The Bertz CT molecular complexity index is 497. The average Bonchev–Trinajstić information content (AvgIpc) is 2.58. The van der Waals surface area contributed by atoms with Crippen LogP contribution in [0.3, 0.4) is 0 Å². The van der Waals surface area contributed by atoms with Gasteiger partial charge in [-0.25, -0.2) is 4.79 Å². The van der Waals surface area contributed by atoms with E-state index in [2.05, 4.69) is 0 Å². The first-order valence-corrected chi connectivity index (χ1v) is 9.72. The maximum absolute atomic E-state index is 12.3. The molecule has 0 saturated carbocycles. The molecule has 22 heavy (non-hydrogen) atoms. The van der Waals surface area contributed by atoms with Gasteiger partial charge in [-0.05, 0) is 58.8 Å². The molecule has 128 valence electrons. The highest BCUT2D eigenvalue weighted by molar-refractivity contribution is 7.85. The van der Waals surface area contributed by atoms with Crippen LogP contribution in [-0.4, -0.2) is 50.0 Å². The van der Waals surface area contributed by atoms with E-state index in [9.17, 15) is 13.2 Å². The number of nitrogens with zero attached hydrogens (tertiary/aromatic N) is 1. The van der Waals surface area contributed by atoms with Gasteiger partial charge in [0.25, 0.3) is 10.1 Å². The molecule has 0 aromatic carbocycles. The molecule has 2 bridgehead atoms. The predicted molar refractivity (Wildman–Crippen MR) is 83.0 cm³/mol. The highest BCUT2D eigenvalue weighted by atomic mass is 32.2. The van der Waals surface area contributed by atoms with Crippen molar-refractivity contribution in [1.82, 2.24) is 4.90 Å². The smallest absolute Gasteiger partial charge is 0.410 e. The van der Waals surface area contributed by atoms with Crippen molar-refractivity contribution in [3.05, 3.63) is 0 Å². The molecule has 0 aliphatic carbocycles. The summed E-state index contributed by atoms with van der Waals surface area (Å²) in [6.45, 7) is 5.86. The number of rotatable bonds is 4. The molecule has 2 fully saturated rings. The molecule has 2 aliphatic heterocycles. The number of hydrogen-bond acceptors (Lipinski definition) is 5. The molecule has 0 radical (unpaired) electrons. The van der Waals surface area contributed by atoms with Gasteiger partial charge >= 0.3 is 6.09 Å². The van der Waals surface area contributed by atoms with Gasteiger partial charge in [-0.1, -0.05) is 0 Å². The molecule has 2 unspecified atom stereocenters. The van der Waals surface area contributed by atoms with Crippen molar-refractivity contribution in [2.24, 2.45) is 5.92 Å². The summed E-state index contributed by atoms with van der Waals surface area (Å²) in [5.41, 5.74) is -0.475. The lowest BCUT2D eigenvalue weighted by molar-refractivity contribution is 0.00106. The minimum atomic E-state index is -3.37. The Morgan fingerprint density at radius 3 is 2.18 bits per heavy atom. The van der Waals surface area contributed by atoms with Crippen LogP contribution < -0.4 is 0 Å². The van der Waals surface area contributed by atoms with Gasteiger partial charge in [-0.15, -0.1) is 0 Å². The van der Waals surface area contributed by atoms with E-state index in [0.29, 0.717) is 5.92 Å². The second kappa shape index (κ2) is 6.35. The molecular weight excluding hydrogens is 306 g/mol. The Hall–Kier alpha value is -0.820. The van der Waals surface area contributed by atoms with E-state index < -0.39 is 15.7 Å². The molecule has 2 heterocycles. The molecule has 0 aromatic heterocycles. The zero-order chi connectivity index (χ0) is 16.5. The molecule has 7 heteroatoms. The molecule has 2 aliphatic rings. The Kier molecular flexibility index (Phi) is 5.06. The van der Waals surface area contributed by atoms with Crippen LogP contribution in [0.5, 0.6) is 0 Å². The maximum atomic E-state index is 12.3. The third kappa shape index (κ3) is 4.84. The molecule has 2 rings (SSSR count). The van der Waals surface area contributed by atoms with Crippen LogP contribution in [0.2, 0.25) is 0 Å². The van der Waals surface area contributed by atoms with E-state index in [1.807, 2.05) is 25.7 Å². The average molecular weight is 333 g/mol. The van der Waals surface area contributed by atoms with Crippen LogP contribution in [0.25, 0.3) is 0 Å². The lowest BCUT2D eigenvalue weighted by Gasteiger charge is -2.39. The fraction of sp³-hybridized carbons (Fsp3) is 0.933. The quantitative estimate of drug-likeness (QED) is 0.739. The molecule has 0 N–H and O–H groups in total. The van der Waals surface area contributed by atoms with Crippen molar-refractivity contribution in [2.45, 2.75) is 70.6 Å². The zero-order valence-electron chi connectivity index (χ0n) is 13.9. The summed E-state index contributed by atoms with van der Waals surface area (Å²) >= 11 is 0. The predicted octanol–water partition coefficient (Wildman–Crippen LogP) is 2.53. The summed E-state index contributed by atoms with van der Waals surface area (Å²) in [4.78, 5) is 14.2. The summed E-state index contributed by atoms with van der Waals surface area (Å²) in [6.07, 6.45) is 5.40. The number of carbonyl (C=O) groups is 1. The van der Waals surface area contributed by atoms with Crippen LogP contribution in [0.15, 0.2) is 0 Å². The number of fused-ring (bicyclic) bond motifs is 2. The molecule has 2 atom stereocenters.